The number of nitrogens with one attached hydrogen (secondary N) is 1. The maximum atomic E-state index is 13.6. The number of aliphatic hydroxyl groups is 1. The molecule has 2 aliphatic heterocycles. The van der Waals surface area contributed by atoms with Gasteiger partial charge in [-0.3, -0.25) is 14.9 Å². The molecule has 0 spiro atoms. The number of carbonyl (C=O) groups is 4. The molecule has 0 aliphatic carbocycles. The minimum absolute atomic E-state index is 0.0298. The van der Waals surface area contributed by atoms with Crippen LogP contribution >= 0.6 is 0 Å². The van der Waals surface area contributed by atoms with Crippen LogP contribution in [0.4, 0.5) is 0 Å². The third kappa shape index (κ3) is 10.3. The first-order valence-corrected chi connectivity index (χ1v) is 16.8. The van der Waals surface area contributed by atoms with Crippen LogP contribution in [0.2, 0.25) is 4.82 Å². The molecule has 0 radical (unpaired) electrons. The number of imide groups is 1. The van der Waals surface area contributed by atoms with E-state index >= 15 is 0 Å². The van der Waals surface area contributed by atoms with E-state index in [1.165, 1.54) is 0 Å². The van der Waals surface area contributed by atoms with E-state index in [2.05, 4.69) is 5.32 Å². The van der Waals surface area contributed by atoms with Crippen LogP contribution in [0.3, 0.4) is 0 Å². The predicted octanol–water partition coefficient (Wildman–Crippen LogP) is 3.84. The molecule has 1 saturated heterocycles. The third-order valence-corrected chi connectivity index (χ3v) is 10.7. The van der Waals surface area contributed by atoms with Gasteiger partial charge in [0.15, 0.2) is 0 Å². The maximum absolute atomic E-state index is 13.6. The molecule has 0 saturated carbocycles. The van der Waals surface area contributed by atoms with Gasteiger partial charge in [-0.15, -0.1) is 0 Å². The second kappa shape index (κ2) is 16.9. The Morgan fingerprint density at radius 3 is 2.55 bits per heavy atom. The zero-order valence-corrected chi connectivity index (χ0v) is 26.8. The molecule has 0 aromatic heterocycles. The minimum atomic E-state index is -0.925. The Kier molecular flexibility index (Phi) is 13.6. The van der Waals surface area contributed by atoms with E-state index in [0.29, 0.717) is 44.1 Å². The van der Waals surface area contributed by atoms with Gasteiger partial charge in [0.2, 0.25) is 11.8 Å². The Bertz CT molecular complexity index is 1120. The molecule has 1 aromatic rings. The molecule has 42 heavy (non-hydrogen) atoms. The Morgan fingerprint density at radius 2 is 1.88 bits per heavy atom. The number of Topliss-reactive ketones (excluding diaryl/α,β-unsaturated/α-hetero) is 1. The van der Waals surface area contributed by atoms with Crippen LogP contribution < -0.4 is 9.78 Å². The van der Waals surface area contributed by atoms with Crippen molar-refractivity contribution in [3.63, 3.8) is 0 Å². The van der Waals surface area contributed by atoms with Gasteiger partial charge >= 0.3 is 217 Å². The fourth-order valence-corrected chi connectivity index (χ4v) is 7.86. The number of allylic oxidation sites excluding steroid dienone is 2. The number of amides is 2. The standard InChI is InChI=1S/C33H45NO7Se/c1-21(26(35)15-11-12-24-19-29(36)34-30(37)20-24)18-22(2)32-23(3)31(38)27(40-4)16-9-6-10-17-28(33(39)41-32)42-25-13-7-5-8-14-25/h5,7-9,13-14,16,18,21,23-24,27-28,31-32,38H,6,10-12,15,17,19-20H2,1-4H3,(H,34,36,37)/b16-9+,22-18+/t21-,23-,27-,28?,31-,32-/m0/s1. The van der Waals surface area contributed by atoms with Gasteiger partial charge in [0.1, 0.15) is 0 Å². The first-order chi connectivity index (χ1) is 20.1. The molecule has 2 amide bonds. The molecule has 1 unspecified atom stereocenters. The number of esters is 1. The average molecular weight is 647 g/mol. The molecule has 1 aromatic carbocycles. The number of benzene rings is 1. The number of hydrogen-bond acceptors (Lipinski definition) is 7. The SMILES string of the molecule is CO[C@H]1/C=C/CCCC([Se]c2ccccc2)C(=O)O[C@@H](/C(C)=C/[C@H](C)C(=O)CCCC2CC(=O)NC(=O)C2)[C@@H](C)[C@@H]1O. The summed E-state index contributed by atoms with van der Waals surface area (Å²) in [5, 5.41) is 13.6. The van der Waals surface area contributed by atoms with Gasteiger partial charge in [-0.1, -0.05) is 0 Å². The second-order valence-electron chi connectivity index (χ2n) is 11.5. The van der Waals surface area contributed by atoms with Crippen molar-refractivity contribution in [2.75, 3.05) is 7.11 Å². The third-order valence-electron chi connectivity index (χ3n) is 8.05. The van der Waals surface area contributed by atoms with Gasteiger partial charge in [0, 0.05) is 12.8 Å². The summed E-state index contributed by atoms with van der Waals surface area (Å²) in [5.74, 6) is -1.69. The first kappa shape index (κ1) is 33.9. The molecule has 6 atom stereocenters. The van der Waals surface area contributed by atoms with Crippen LogP contribution in [-0.4, -0.2) is 69.1 Å². The number of cyclic esters (lactones) is 1. The van der Waals surface area contributed by atoms with E-state index < -0.39 is 30.1 Å². The van der Waals surface area contributed by atoms with Crippen LogP contribution in [-0.2, 0) is 28.7 Å². The summed E-state index contributed by atoms with van der Waals surface area (Å²) in [7, 11) is 1.55. The van der Waals surface area contributed by atoms with Crippen LogP contribution in [0.15, 0.2) is 54.1 Å². The Balaban J connectivity index is 1.74. The Morgan fingerprint density at radius 1 is 1.19 bits per heavy atom. The summed E-state index contributed by atoms with van der Waals surface area (Å²) in [4.78, 5) is 49.7. The van der Waals surface area contributed by atoms with Crippen LogP contribution in [0.5, 0.6) is 0 Å². The summed E-state index contributed by atoms with van der Waals surface area (Å²) in [6.07, 6.45) is 8.01. The molecule has 1 fully saturated rings. The van der Waals surface area contributed by atoms with Crippen molar-refractivity contribution in [1.82, 2.24) is 5.32 Å². The topological polar surface area (TPSA) is 119 Å². The van der Waals surface area contributed by atoms with Gasteiger partial charge in [0.05, 0.1) is 0 Å². The van der Waals surface area contributed by atoms with E-state index in [-0.39, 0.29) is 49.3 Å². The van der Waals surface area contributed by atoms with Crippen molar-refractivity contribution < 1.29 is 33.8 Å². The van der Waals surface area contributed by atoms with Gasteiger partial charge in [-0.2, -0.15) is 0 Å². The van der Waals surface area contributed by atoms with Crippen molar-refractivity contribution in [3.8, 4) is 0 Å². The number of rotatable bonds is 10. The second-order valence-corrected chi connectivity index (χ2v) is 14.2. The molecular weight excluding hydrogens is 601 g/mol. The van der Waals surface area contributed by atoms with E-state index in [0.717, 1.165) is 17.3 Å². The molecule has 2 N–H and O–H groups in total. The zero-order valence-electron chi connectivity index (χ0n) is 25.1. The van der Waals surface area contributed by atoms with Gasteiger partial charge in [0.25, 0.3) is 0 Å². The zero-order chi connectivity index (χ0) is 30.6. The molecule has 3 rings (SSSR count). The summed E-state index contributed by atoms with van der Waals surface area (Å²) in [6.45, 7) is 5.51. The van der Waals surface area contributed by atoms with Gasteiger partial charge < -0.3 is 0 Å². The van der Waals surface area contributed by atoms with Crippen molar-refractivity contribution >= 4 is 43.0 Å². The molecular formula is C33H45NO7Se. The summed E-state index contributed by atoms with van der Waals surface area (Å²) < 4.78 is 12.9. The predicted molar refractivity (Wildman–Crippen MR) is 162 cm³/mol. The Hall–Kier alpha value is -2.58. The molecule has 2 heterocycles. The number of hydrogen-bond donors (Lipinski definition) is 2. The number of methoxy groups -OCH3 is 1. The number of piperidine rings is 1. The average Bonchev–Trinajstić information content (AvgIpc) is 2.95. The van der Waals surface area contributed by atoms with Crippen LogP contribution in [0, 0.1) is 17.8 Å². The Labute approximate surface area is 255 Å². The first-order valence-electron chi connectivity index (χ1n) is 14.9. The number of ether oxygens (including phenoxy) is 2. The molecule has 230 valence electrons. The monoisotopic (exact) mass is 647 g/mol. The summed E-state index contributed by atoms with van der Waals surface area (Å²) in [5.41, 5.74) is 0.715. The van der Waals surface area contributed by atoms with Crippen molar-refractivity contribution in [2.24, 2.45) is 17.8 Å². The molecule has 0 bridgehead atoms. The fourth-order valence-electron chi connectivity index (χ4n) is 5.60. The van der Waals surface area contributed by atoms with E-state index in [9.17, 15) is 24.3 Å². The van der Waals surface area contributed by atoms with Crippen molar-refractivity contribution in [3.05, 3.63) is 54.1 Å². The van der Waals surface area contributed by atoms with E-state index in [1.807, 2.05) is 69.3 Å². The van der Waals surface area contributed by atoms with Crippen molar-refractivity contribution in [2.45, 2.75) is 95.3 Å². The van der Waals surface area contributed by atoms with E-state index in [4.69, 9.17) is 9.47 Å². The molecule has 8 nitrogen and oxygen atoms in total. The number of ketones is 1. The van der Waals surface area contributed by atoms with Gasteiger partial charge in [-0.05, 0) is 0 Å². The quantitative estimate of drug-likeness (QED) is 0.172. The summed E-state index contributed by atoms with van der Waals surface area (Å²) in [6, 6.07) is 9.99. The van der Waals surface area contributed by atoms with Crippen LogP contribution in [0.25, 0.3) is 0 Å². The normalized spacial score (nSPS) is 28.2. The fraction of sp³-hybridized carbons (Fsp3) is 0.576. The van der Waals surface area contributed by atoms with Crippen LogP contribution in [0.1, 0.15) is 72.1 Å². The van der Waals surface area contributed by atoms with Crippen molar-refractivity contribution in [1.29, 1.82) is 0 Å². The molecule has 9 heteroatoms. The van der Waals surface area contributed by atoms with E-state index in [1.54, 1.807) is 7.11 Å². The number of aliphatic hydroxyl groups excluding tert-OH is 1. The number of carbonyl (C=O) groups excluding carboxylic acids is 4. The summed E-state index contributed by atoms with van der Waals surface area (Å²) >= 11 is -0.113. The van der Waals surface area contributed by atoms with Gasteiger partial charge in [-0.25, -0.2) is 0 Å². The molecule has 2 aliphatic rings.